The molecule has 6 aliphatic heterocycles. The zero-order valence-corrected chi connectivity index (χ0v) is 44.1. The molecule has 4 fully saturated rings. The van der Waals surface area contributed by atoms with Gasteiger partial charge in [0.1, 0.15) is 0 Å². The van der Waals surface area contributed by atoms with E-state index in [9.17, 15) is 59.5 Å². The Hall–Kier alpha value is -6.19. The summed E-state index contributed by atoms with van der Waals surface area (Å²) in [5.74, 6) is -4.00. The molecule has 4 N–H and O–H groups in total. The molecule has 0 saturated carbocycles. The van der Waals surface area contributed by atoms with Gasteiger partial charge in [0.05, 0.1) is 74.4 Å². The fraction of sp³-hybridized carbons (Fsp3) is 0.500. The van der Waals surface area contributed by atoms with E-state index in [0.717, 1.165) is 16.7 Å². The van der Waals surface area contributed by atoms with Crippen LogP contribution in [0.4, 0.5) is 11.4 Å². The number of anilines is 2. The Bertz CT molecular complexity index is 2880. The monoisotopic (exact) mass is 1120 g/mol. The predicted molar refractivity (Wildman–Crippen MR) is 268 cm³/mol. The summed E-state index contributed by atoms with van der Waals surface area (Å²) in [6.07, 6.45) is -0.681. The number of thioether (sulfide) groups is 1. The van der Waals surface area contributed by atoms with Crippen molar-refractivity contribution in [3.8, 4) is 23.0 Å². The molecule has 6 amide bonds. The number of methoxy groups -OCH3 is 2. The first-order chi connectivity index (χ1) is 35.4. The smallest absolute Gasteiger partial charge is 0.333 e. The fourth-order valence-electron chi connectivity index (χ4n) is 9.80. The molecule has 29 heteroatoms. The van der Waals surface area contributed by atoms with Crippen molar-refractivity contribution in [1.82, 2.24) is 19.8 Å². The zero-order valence-electron chi connectivity index (χ0n) is 40.7. The number of fused-ring (bicyclic) bond motifs is 4. The van der Waals surface area contributed by atoms with Gasteiger partial charge in [-0.2, -0.15) is 16.8 Å². The van der Waals surface area contributed by atoms with Crippen molar-refractivity contribution in [2.45, 2.75) is 73.0 Å². The van der Waals surface area contributed by atoms with Gasteiger partial charge in [-0.05, 0) is 31.4 Å². The number of likely N-dealkylation sites (tertiary alicyclic amines) is 1. The lowest BCUT2D eigenvalue weighted by molar-refractivity contribution is -0.197. The first-order valence-corrected chi connectivity index (χ1v) is 29.9. The Morgan fingerprint density at radius 3 is 1.65 bits per heavy atom. The van der Waals surface area contributed by atoms with Crippen LogP contribution < -0.4 is 29.6 Å². The van der Waals surface area contributed by atoms with Gasteiger partial charge in [-0.3, -0.25) is 42.8 Å². The third-order valence-corrected chi connectivity index (χ3v) is 20.3. The molecular formula is C46H55N6O19PS3. The summed E-state index contributed by atoms with van der Waals surface area (Å²) in [5.41, 5.74) is 1.29. The van der Waals surface area contributed by atoms with E-state index >= 15 is 4.57 Å². The molecule has 4 saturated heterocycles. The van der Waals surface area contributed by atoms with Gasteiger partial charge < -0.3 is 48.8 Å². The van der Waals surface area contributed by atoms with Crippen LogP contribution in [0.25, 0.3) is 0 Å². The summed E-state index contributed by atoms with van der Waals surface area (Å²) in [5, 5.41) is 1.89. The summed E-state index contributed by atoms with van der Waals surface area (Å²) in [7, 11) is -10.3. The second-order valence-electron chi connectivity index (χ2n) is 18.7. The molecule has 8 rings (SSSR count). The summed E-state index contributed by atoms with van der Waals surface area (Å²) < 4.78 is 110. The highest BCUT2D eigenvalue weighted by atomic mass is 32.2. The number of imide groups is 2. The van der Waals surface area contributed by atoms with E-state index in [1.165, 1.54) is 48.3 Å². The molecule has 6 heterocycles. The highest BCUT2D eigenvalue weighted by Crippen LogP contribution is 2.48. The highest BCUT2D eigenvalue weighted by molar-refractivity contribution is 8.01. The first-order valence-electron chi connectivity index (χ1n) is 23.6. The van der Waals surface area contributed by atoms with E-state index in [1.54, 1.807) is 0 Å². The van der Waals surface area contributed by atoms with Crippen molar-refractivity contribution >= 4 is 91.9 Å². The molecule has 25 nitrogen and oxygen atoms in total. The van der Waals surface area contributed by atoms with Crippen molar-refractivity contribution in [2.24, 2.45) is 0 Å². The standard InChI is InChI=1S/C46H55N6O19PS3/c1-25-16-31-42(74(61,62)63)47-29-20-35(33(67-3)18-27(29)44(57)50(31)23-25)69-10-12-72(60,14-15-73-37-22-40(55)49(46(37)59)9-5-6-41(56)71-52-38(53)7-8-39(52)54)13-11-70-36-21-30-28(19-34(36)68-4)45(58)51-24-26(2)17-32(51)43(48-30)75(64,65)66/h18-21,31-32,37,42-43,47-48H,1-2,5-17,22-24H2,3-4H3,(H,61,62,63)(H,64,65,66)/t31-,32-,37?,42-,43?,72?/m0/s1. The molecule has 406 valence electrons. The van der Waals surface area contributed by atoms with E-state index in [0.29, 0.717) is 16.2 Å². The van der Waals surface area contributed by atoms with Gasteiger partial charge in [0.25, 0.3) is 43.9 Å². The van der Waals surface area contributed by atoms with Crippen LogP contribution in [-0.4, -0.2) is 187 Å². The third-order valence-electron chi connectivity index (χ3n) is 13.6. The maximum absolute atomic E-state index is 15.1. The topological polar surface area (TPSA) is 328 Å². The van der Waals surface area contributed by atoms with Gasteiger partial charge in [0.15, 0.2) is 33.7 Å². The minimum absolute atomic E-state index is 0.00562. The Morgan fingerprint density at radius 2 is 1.20 bits per heavy atom. The normalized spacial score (nSPS) is 23.4. The molecule has 2 aromatic rings. The summed E-state index contributed by atoms with van der Waals surface area (Å²) in [6.45, 7) is 7.29. The van der Waals surface area contributed by atoms with Crippen molar-refractivity contribution in [2.75, 3.05) is 81.9 Å². The number of hydrogen-bond donors (Lipinski definition) is 4. The Kier molecular flexibility index (Phi) is 16.0. The number of hydroxylamine groups is 2. The molecule has 0 bridgehead atoms. The van der Waals surface area contributed by atoms with Gasteiger partial charge in [-0.15, -0.1) is 16.8 Å². The number of ether oxygens (including phenoxy) is 4. The predicted octanol–water partition coefficient (Wildman–Crippen LogP) is 2.59. The van der Waals surface area contributed by atoms with Gasteiger partial charge in [-0.1, -0.05) is 24.3 Å². The van der Waals surface area contributed by atoms with Crippen molar-refractivity contribution < 1.29 is 87.9 Å². The van der Waals surface area contributed by atoms with Gasteiger partial charge in [-0.25, -0.2) is 4.79 Å². The number of carbonyl (C=O) groups excluding carboxylic acids is 7. The van der Waals surface area contributed by atoms with Crippen molar-refractivity contribution in [1.29, 1.82) is 0 Å². The van der Waals surface area contributed by atoms with Crippen LogP contribution in [0, 0.1) is 0 Å². The van der Waals surface area contributed by atoms with Crippen molar-refractivity contribution in [3.63, 3.8) is 0 Å². The van der Waals surface area contributed by atoms with Crippen LogP contribution in [0.15, 0.2) is 48.6 Å². The average Bonchev–Trinajstić information content (AvgIpc) is 4.05. The number of nitrogens with zero attached hydrogens (tertiary/aromatic N) is 4. The minimum Gasteiger partial charge on any atom is -0.493 e. The van der Waals surface area contributed by atoms with E-state index in [1.807, 2.05) is 0 Å². The molecule has 0 aliphatic carbocycles. The van der Waals surface area contributed by atoms with Crippen LogP contribution >= 0.6 is 18.9 Å². The van der Waals surface area contributed by atoms with Crippen LogP contribution in [-0.2, 0) is 53.6 Å². The van der Waals surface area contributed by atoms with Crippen molar-refractivity contribution in [3.05, 3.63) is 59.7 Å². The lowest BCUT2D eigenvalue weighted by Crippen LogP contribution is -2.47. The van der Waals surface area contributed by atoms with E-state index in [-0.39, 0.29) is 148 Å². The molecule has 75 heavy (non-hydrogen) atoms. The fourth-order valence-corrected chi connectivity index (χ4v) is 15.7. The van der Waals surface area contributed by atoms with E-state index < -0.39 is 96.9 Å². The molecule has 0 aromatic heterocycles. The van der Waals surface area contributed by atoms with Gasteiger partial charge >= 0.3 is 5.97 Å². The number of hydrogen-bond acceptors (Lipinski definition) is 20. The maximum atomic E-state index is 15.1. The molecule has 2 aromatic carbocycles. The van der Waals surface area contributed by atoms with Crippen LogP contribution in [0.2, 0.25) is 0 Å². The van der Waals surface area contributed by atoms with Crippen LogP contribution in [0.3, 0.4) is 0 Å². The molecule has 3 unspecified atom stereocenters. The molecule has 0 spiro atoms. The SMILES string of the molecule is C=C1C[C@H]2C(S(=O)(=O)O)Nc3cc(OCCP(=O)(CCOc4cc5c(cc4OC)C(=O)N4CC(=C)C[C@H]4[C@H](S(=O)(=O)O)N5)CCSC4CC(=O)N(CCCC(=O)ON5C(=O)CCC5=O)C4=O)c(OC)cc3C(=O)N2C1. The van der Waals surface area contributed by atoms with Gasteiger partial charge in [0.2, 0.25) is 11.8 Å². The van der Waals surface area contributed by atoms with Crippen LogP contribution in [0.1, 0.15) is 65.7 Å². The second-order valence-corrected chi connectivity index (χ2v) is 26.5. The molecule has 0 radical (unpaired) electrons. The van der Waals surface area contributed by atoms with E-state index in [4.69, 9.17) is 23.8 Å². The largest absolute Gasteiger partial charge is 0.493 e. The number of nitrogens with one attached hydrogen (secondary N) is 2. The summed E-state index contributed by atoms with van der Waals surface area (Å²) in [4.78, 5) is 98.4. The number of benzene rings is 2. The summed E-state index contributed by atoms with van der Waals surface area (Å²) in [6, 6.07) is 3.46. The highest BCUT2D eigenvalue weighted by Gasteiger charge is 2.48. The number of carbonyl (C=O) groups is 7. The van der Waals surface area contributed by atoms with Crippen LogP contribution in [0.5, 0.6) is 23.0 Å². The average molecular weight is 1120 g/mol. The van der Waals surface area contributed by atoms with Gasteiger partial charge in [0, 0.05) is 81.7 Å². The maximum Gasteiger partial charge on any atom is 0.333 e. The summed E-state index contributed by atoms with van der Waals surface area (Å²) >= 11 is 1.10. The lowest BCUT2D eigenvalue weighted by atomic mass is 10.1. The number of rotatable bonds is 21. The second kappa shape index (κ2) is 21.8. The number of amides is 6. The Morgan fingerprint density at radius 1 is 0.720 bits per heavy atom. The lowest BCUT2D eigenvalue weighted by Gasteiger charge is -2.26. The Labute approximate surface area is 435 Å². The Balaban J connectivity index is 0.974. The molecule has 6 aliphatic rings. The molecule has 6 atom stereocenters. The minimum atomic E-state index is -4.77. The van der Waals surface area contributed by atoms with E-state index in [2.05, 4.69) is 23.8 Å². The zero-order chi connectivity index (χ0) is 54.3. The third kappa shape index (κ3) is 11.8. The molecular weight excluding hydrogens is 1070 g/mol. The first kappa shape index (κ1) is 55.1. The quantitative estimate of drug-likeness (QED) is 0.0604.